The average molecular weight is 451 g/mol. The zero-order valence-corrected chi connectivity index (χ0v) is 20.6. The van der Waals surface area contributed by atoms with Gasteiger partial charge in [0.25, 0.3) is 0 Å². The smallest absolute Gasteiger partial charge is 0.127 e. The van der Waals surface area contributed by atoms with E-state index in [2.05, 4.69) is 61.8 Å². The van der Waals surface area contributed by atoms with Gasteiger partial charge in [0.15, 0.2) is 0 Å². The summed E-state index contributed by atoms with van der Waals surface area (Å²) in [5, 5.41) is 0. The minimum atomic E-state index is -0.150. The zero-order valence-electron chi connectivity index (χ0n) is 20.6. The van der Waals surface area contributed by atoms with Gasteiger partial charge in [-0.15, -0.1) is 0 Å². The summed E-state index contributed by atoms with van der Waals surface area (Å²) in [6.07, 6.45) is 10.3. The van der Waals surface area contributed by atoms with Gasteiger partial charge in [-0.05, 0) is 85.3 Å². The Balaban J connectivity index is 1.56. The summed E-state index contributed by atoms with van der Waals surface area (Å²) in [5.74, 6) is 12.5. The lowest BCUT2D eigenvalue weighted by atomic mass is 10.0. The van der Waals surface area contributed by atoms with Gasteiger partial charge in [0, 0.05) is 22.3 Å². The van der Waals surface area contributed by atoms with Crippen LogP contribution in [0.3, 0.4) is 0 Å². The molecule has 0 saturated carbocycles. The van der Waals surface area contributed by atoms with Crippen molar-refractivity contribution in [2.24, 2.45) is 0 Å². The van der Waals surface area contributed by atoms with Crippen molar-refractivity contribution in [1.29, 1.82) is 0 Å². The molecule has 0 nitrogen and oxygen atoms in total. The van der Waals surface area contributed by atoms with Gasteiger partial charge in [0.05, 0.1) is 0 Å². The van der Waals surface area contributed by atoms with Gasteiger partial charge < -0.3 is 0 Å². The first-order valence-corrected chi connectivity index (χ1v) is 12.7. The molecule has 0 fully saturated rings. The molecule has 0 aliphatic rings. The van der Waals surface area contributed by atoms with Crippen molar-refractivity contribution in [3.8, 4) is 23.7 Å². The van der Waals surface area contributed by atoms with E-state index in [0.29, 0.717) is 5.56 Å². The molecule has 3 rings (SSSR count). The van der Waals surface area contributed by atoms with Crippen molar-refractivity contribution in [2.75, 3.05) is 0 Å². The van der Waals surface area contributed by atoms with Crippen LogP contribution in [0.2, 0.25) is 0 Å². The third kappa shape index (κ3) is 8.57. The Morgan fingerprint density at radius 1 is 0.529 bits per heavy atom. The van der Waals surface area contributed by atoms with E-state index in [1.165, 1.54) is 37.7 Å². The van der Waals surface area contributed by atoms with Crippen LogP contribution in [0.15, 0.2) is 66.7 Å². The first-order chi connectivity index (χ1) is 16.7. The summed E-state index contributed by atoms with van der Waals surface area (Å²) < 4.78 is 14.4. The molecule has 34 heavy (non-hydrogen) atoms. The molecule has 0 saturated heterocycles. The molecule has 0 amide bonds. The minimum absolute atomic E-state index is 0.150. The number of hydrogen-bond donors (Lipinski definition) is 0. The maximum Gasteiger partial charge on any atom is 0.127 e. The van der Waals surface area contributed by atoms with Crippen LogP contribution < -0.4 is 0 Å². The highest BCUT2D eigenvalue weighted by Gasteiger charge is 2.02. The first kappa shape index (κ1) is 25.3. The Bertz CT molecular complexity index is 1150. The quantitative estimate of drug-likeness (QED) is 0.226. The SMILES string of the molecule is CCCCCCc1ccc(C#Cc2ccc(C#Cc3ccc(CCCCC)cc3)cc2)cc1F. The van der Waals surface area contributed by atoms with E-state index in [1.807, 2.05) is 36.4 Å². The normalized spacial score (nSPS) is 10.2. The lowest BCUT2D eigenvalue weighted by molar-refractivity contribution is 0.593. The lowest BCUT2D eigenvalue weighted by Crippen LogP contribution is -1.92. The van der Waals surface area contributed by atoms with Crippen LogP contribution in [0, 0.1) is 29.5 Å². The van der Waals surface area contributed by atoms with Crippen LogP contribution >= 0.6 is 0 Å². The number of benzene rings is 3. The van der Waals surface area contributed by atoms with E-state index in [9.17, 15) is 4.39 Å². The number of hydrogen-bond acceptors (Lipinski definition) is 0. The van der Waals surface area contributed by atoms with E-state index in [1.54, 1.807) is 6.07 Å². The van der Waals surface area contributed by atoms with E-state index in [4.69, 9.17) is 0 Å². The van der Waals surface area contributed by atoms with Crippen LogP contribution in [0.25, 0.3) is 0 Å². The monoisotopic (exact) mass is 450 g/mol. The van der Waals surface area contributed by atoms with E-state index in [-0.39, 0.29) is 5.82 Å². The van der Waals surface area contributed by atoms with Gasteiger partial charge in [0.1, 0.15) is 5.82 Å². The predicted molar refractivity (Wildman–Crippen MR) is 142 cm³/mol. The zero-order chi connectivity index (χ0) is 24.0. The number of halogens is 1. The molecular formula is C33H35F. The summed E-state index contributed by atoms with van der Waals surface area (Å²) >= 11 is 0. The molecule has 3 aromatic carbocycles. The summed E-state index contributed by atoms with van der Waals surface area (Å²) in [4.78, 5) is 0. The first-order valence-electron chi connectivity index (χ1n) is 12.7. The molecule has 0 N–H and O–H groups in total. The molecule has 0 unspecified atom stereocenters. The molecule has 1 heteroatoms. The minimum Gasteiger partial charge on any atom is -0.207 e. The van der Waals surface area contributed by atoms with Gasteiger partial charge in [0.2, 0.25) is 0 Å². The lowest BCUT2D eigenvalue weighted by Gasteiger charge is -2.03. The maximum absolute atomic E-state index is 14.4. The number of unbranched alkanes of at least 4 members (excludes halogenated alkanes) is 5. The molecule has 0 aliphatic carbocycles. The highest BCUT2D eigenvalue weighted by atomic mass is 19.1. The molecule has 3 aromatic rings. The van der Waals surface area contributed by atoms with Crippen LogP contribution in [-0.2, 0) is 12.8 Å². The highest BCUT2D eigenvalue weighted by Crippen LogP contribution is 2.14. The van der Waals surface area contributed by atoms with Gasteiger partial charge in [-0.3, -0.25) is 0 Å². The average Bonchev–Trinajstić information content (AvgIpc) is 2.86. The van der Waals surface area contributed by atoms with Crippen molar-refractivity contribution in [3.63, 3.8) is 0 Å². The molecule has 0 spiro atoms. The van der Waals surface area contributed by atoms with Crippen molar-refractivity contribution in [1.82, 2.24) is 0 Å². The van der Waals surface area contributed by atoms with Crippen molar-refractivity contribution in [2.45, 2.75) is 71.6 Å². The molecule has 0 heterocycles. The maximum atomic E-state index is 14.4. The van der Waals surface area contributed by atoms with Gasteiger partial charge in [-0.2, -0.15) is 0 Å². The van der Waals surface area contributed by atoms with E-state index in [0.717, 1.165) is 47.9 Å². The summed E-state index contributed by atoms with van der Waals surface area (Å²) in [6, 6.07) is 21.8. The van der Waals surface area contributed by atoms with Crippen molar-refractivity contribution >= 4 is 0 Å². The topological polar surface area (TPSA) is 0 Å². The third-order valence-electron chi connectivity index (χ3n) is 5.96. The molecule has 0 radical (unpaired) electrons. The van der Waals surface area contributed by atoms with Gasteiger partial charge >= 0.3 is 0 Å². The molecule has 0 aromatic heterocycles. The number of rotatable bonds is 9. The van der Waals surface area contributed by atoms with E-state index >= 15 is 0 Å². The van der Waals surface area contributed by atoms with Crippen molar-refractivity contribution < 1.29 is 4.39 Å². The Labute approximate surface area is 205 Å². The number of aryl methyl sites for hydroxylation is 2. The predicted octanol–water partition coefficient (Wildman–Crippen LogP) is 8.48. The Morgan fingerprint density at radius 2 is 1.00 bits per heavy atom. The fourth-order valence-corrected chi connectivity index (χ4v) is 3.83. The summed E-state index contributed by atoms with van der Waals surface area (Å²) in [6.45, 7) is 4.41. The Hall–Kier alpha value is -3.29. The van der Waals surface area contributed by atoms with Crippen LogP contribution in [0.1, 0.15) is 92.2 Å². The molecule has 0 aliphatic heterocycles. The molecular weight excluding hydrogens is 415 g/mol. The van der Waals surface area contributed by atoms with Crippen LogP contribution in [0.4, 0.5) is 4.39 Å². The highest BCUT2D eigenvalue weighted by molar-refractivity contribution is 5.48. The molecule has 0 bridgehead atoms. The second-order valence-corrected chi connectivity index (χ2v) is 8.85. The Kier molecular flexibility index (Phi) is 10.5. The van der Waals surface area contributed by atoms with E-state index < -0.39 is 0 Å². The van der Waals surface area contributed by atoms with Crippen molar-refractivity contribution in [3.05, 3.63) is 106 Å². The fourth-order valence-electron chi connectivity index (χ4n) is 3.83. The standard InChI is InChI=1S/C33H35F/c1-3-5-7-9-11-32-25-24-31(26-33(32)34)23-22-30-20-18-29(19-21-30)17-16-28-14-12-27(13-15-28)10-8-6-4-2/h12-15,18-21,24-26H,3-11H2,1-2H3. The second-order valence-electron chi connectivity index (χ2n) is 8.85. The van der Waals surface area contributed by atoms with Gasteiger partial charge in [-0.1, -0.05) is 87.8 Å². The Morgan fingerprint density at radius 3 is 1.56 bits per heavy atom. The molecule has 0 atom stereocenters. The second kappa shape index (κ2) is 14.1. The van der Waals surface area contributed by atoms with Crippen LogP contribution in [0.5, 0.6) is 0 Å². The third-order valence-corrected chi connectivity index (χ3v) is 5.96. The summed E-state index contributed by atoms with van der Waals surface area (Å²) in [7, 11) is 0. The summed E-state index contributed by atoms with van der Waals surface area (Å²) in [5.41, 5.74) is 5.75. The van der Waals surface area contributed by atoms with Gasteiger partial charge in [-0.25, -0.2) is 4.39 Å². The molecule has 174 valence electrons. The largest absolute Gasteiger partial charge is 0.207 e. The fraction of sp³-hybridized carbons (Fsp3) is 0.333. The van der Waals surface area contributed by atoms with Crippen LogP contribution in [-0.4, -0.2) is 0 Å².